The number of fused-ring (bicyclic) bond motifs is 1. The molecule has 1 aromatic heterocycles. The predicted molar refractivity (Wildman–Crippen MR) is 117 cm³/mol. The van der Waals surface area contributed by atoms with Crippen LogP contribution in [0.2, 0.25) is 0 Å². The molecule has 1 aliphatic rings. The van der Waals surface area contributed by atoms with Crippen LogP contribution < -0.4 is 4.90 Å². The van der Waals surface area contributed by atoms with Gasteiger partial charge < -0.3 is 4.74 Å². The number of carbonyl (C=O) groups is 1. The summed E-state index contributed by atoms with van der Waals surface area (Å²) >= 11 is 1.46. The number of thiazole rings is 1. The van der Waals surface area contributed by atoms with Gasteiger partial charge in [0.2, 0.25) is 0 Å². The molecule has 156 valence electrons. The first kappa shape index (κ1) is 20.4. The fourth-order valence-corrected chi connectivity index (χ4v) is 4.85. The summed E-state index contributed by atoms with van der Waals surface area (Å²) in [6.45, 7) is 4.75. The van der Waals surface area contributed by atoms with Crippen molar-refractivity contribution in [3.63, 3.8) is 0 Å². The van der Waals surface area contributed by atoms with E-state index in [2.05, 4.69) is 6.92 Å². The molecule has 4 rings (SSSR count). The maximum absolute atomic E-state index is 13.6. The molecule has 1 saturated heterocycles. The Balaban J connectivity index is 1.78. The van der Waals surface area contributed by atoms with E-state index in [1.54, 1.807) is 24.0 Å². The summed E-state index contributed by atoms with van der Waals surface area (Å²) in [5.74, 6) is -0.288. The summed E-state index contributed by atoms with van der Waals surface area (Å²) in [5, 5.41) is 11.9. The number of aryl methyl sites for hydroxylation is 1. The Morgan fingerprint density at radius 1 is 1.33 bits per heavy atom. The van der Waals surface area contributed by atoms with Crippen LogP contribution in [0.25, 0.3) is 10.2 Å². The first-order chi connectivity index (χ1) is 14.5. The highest BCUT2D eigenvalue weighted by Gasteiger charge is 2.29. The summed E-state index contributed by atoms with van der Waals surface area (Å²) in [7, 11) is 0. The zero-order chi connectivity index (χ0) is 21.3. The van der Waals surface area contributed by atoms with Crippen molar-refractivity contribution in [2.75, 3.05) is 18.1 Å². The van der Waals surface area contributed by atoms with E-state index >= 15 is 0 Å². The van der Waals surface area contributed by atoms with Crippen LogP contribution in [0.5, 0.6) is 0 Å². The van der Waals surface area contributed by atoms with Crippen LogP contribution in [0.15, 0.2) is 36.4 Å². The van der Waals surface area contributed by atoms with Crippen LogP contribution in [0.4, 0.5) is 10.8 Å². The number of carbonyl (C=O) groups excluding carboxylic acids is 1. The van der Waals surface area contributed by atoms with Gasteiger partial charge >= 0.3 is 0 Å². The Morgan fingerprint density at radius 2 is 2.13 bits per heavy atom. The van der Waals surface area contributed by atoms with Gasteiger partial charge in [0.05, 0.1) is 27.8 Å². The minimum absolute atomic E-state index is 0.0597. The molecule has 8 heteroatoms. The van der Waals surface area contributed by atoms with Crippen LogP contribution in [0.1, 0.15) is 41.3 Å². The van der Waals surface area contributed by atoms with Gasteiger partial charge in [0.1, 0.15) is 0 Å². The third-order valence-electron chi connectivity index (χ3n) is 5.49. The maximum Gasteiger partial charge on any atom is 0.273 e. The van der Waals surface area contributed by atoms with Gasteiger partial charge in [-0.3, -0.25) is 19.8 Å². The summed E-state index contributed by atoms with van der Waals surface area (Å²) in [6.07, 6.45) is 2.63. The van der Waals surface area contributed by atoms with Crippen molar-refractivity contribution >= 4 is 38.3 Å². The Labute approximate surface area is 178 Å². The molecule has 1 atom stereocenters. The number of benzene rings is 2. The molecule has 1 aliphatic heterocycles. The Hall–Kier alpha value is -2.84. The monoisotopic (exact) mass is 425 g/mol. The average molecular weight is 426 g/mol. The molecule has 30 heavy (non-hydrogen) atoms. The van der Waals surface area contributed by atoms with Gasteiger partial charge in [0, 0.05) is 23.8 Å². The Morgan fingerprint density at radius 3 is 2.83 bits per heavy atom. The molecular formula is C22H23N3O4S. The lowest BCUT2D eigenvalue weighted by Crippen LogP contribution is -2.37. The van der Waals surface area contributed by atoms with Crippen LogP contribution >= 0.6 is 11.3 Å². The number of nitrogens with zero attached hydrogens (tertiary/aromatic N) is 3. The van der Waals surface area contributed by atoms with Crippen molar-refractivity contribution in [1.82, 2.24) is 4.98 Å². The molecule has 2 heterocycles. The van der Waals surface area contributed by atoms with E-state index in [4.69, 9.17) is 9.72 Å². The molecule has 1 unspecified atom stereocenters. The summed E-state index contributed by atoms with van der Waals surface area (Å²) < 4.78 is 6.80. The highest BCUT2D eigenvalue weighted by atomic mass is 32.1. The van der Waals surface area contributed by atoms with E-state index in [1.807, 2.05) is 18.2 Å². The van der Waals surface area contributed by atoms with Crippen LogP contribution in [-0.4, -0.2) is 35.1 Å². The first-order valence-corrected chi connectivity index (χ1v) is 10.9. The number of aromatic nitrogens is 1. The zero-order valence-corrected chi connectivity index (χ0v) is 17.8. The van der Waals surface area contributed by atoms with Gasteiger partial charge in [-0.2, -0.15) is 0 Å². The third-order valence-corrected chi connectivity index (χ3v) is 6.53. The number of para-hydroxylation sites is 1. The fraction of sp³-hybridized carbons (Fsp3) is 0.364. The number of ether oxygens (including phenoxy) is 1. The highest BCUT2D eigenvalue weighted by molar-refractivity contribution is 7.22. The van der Waals surface area contributed by atoms with Crippen molar-refractivity contribution in [3.05, 3.63) is 63.2 Å². The molecule has 1 fully saturated rings. The molecule has 0 N–H and O–H groups in total. The number of hydrogen-bond acceptors (Lipinski definition) is 6. The van der Waals surface area contributed by atoms with E-state index in [9.17, 15) is 14.9 Å². The second-order valence-corrected chi connectivity index (χ2v) is 8.38. The van der Waals surface area contributed by atoms with E-state index in [1.165, 1.54) is 17.4 Å². The second-order valence-electron chi connectivity index (χ2n) is 7.37. The average Bonchev–Trinajstić information content (AvgIpc) is 3.40. The molecular weight excluding hydrogens is 402 g/mol. The molecule has 0 spiro atoms. The number of rotatable bonds is 6. The van der Waals surface area contributed by atoms with Crippen molar-refractivity contribution in [2.45, 2.75) is 39.2 Å². The maximum atomic E-state index is 13.6. The molecule has 1 amide bonds. The molecule has 0 bridgehead atoms. The predicted octanol–water partition coefficient (Wildman–Crippen LogP) is 4.90. The normalized spacial score (nSPS) is 16.1. The quantitative estimate of drug-likeness (QED) is 0.414. The van der Waals surface area contributed by atoms with Crippen molar-refractivity contribution in [3.8, 4) is 0 Å². The summed E-state index contributed by atoms with van der Waals surface area (Å²) in [5.41, 5.74) is 2.65. The molecule has 0 aliphatic carbocycles. The van der Waals surface area contributed by atoms with E-state index < -0.39 is 4.92 Å². The molecule has 0 saturated carbocycles. The topological polar surface area (TPSA) is 85.6 Å². The van der Waals surface area contributed by atoms with E-state index in [0.717, 1.165) is 35.0 Å². The molecule has 2 aromatic carbocycles. The lowest BCUT2D eigenvalue weighted by molar-refractivity contribution is -0.385. The van der Waals surface area contributed by atoms with Gasteiger partial charge in [-0.05, 0) is 43.9 Å². The number of amides is 1. The molecule has 7 nitrogen and oxygen atoms in total. The lowest BCUT2D eigenvalue weighted by Gasteiger charge is -2.23. The van der Waals surface area contributed by atoms with Crippen LogP contribution in [0.3, 0.4) is 0 Å². The van der Waals surface area contributed by atoms with Crippen LogP contribution in [0, 0.1) is 17.0 Å². The van der Waals surface area contributed by atoms with Gasteiger partial charge in [-0.1, -0.05) is 36.5 Å². The summed E-state index contributed by atoms with van der Waals surface area (Å²) in [4.78, 5) is 30.9. The second kappa shape index (κ2) is 8.49. The van der Waals surface area contributed by atoms with E-state index in [0.29, 0.717) is 29.4 Å². The summed E-state index contributed by atoms with van der Waals surface area (Å²) in [6, 6.07) is 10.7. The van der Waals surface area contributed by atoms with Crippen molar-refractivity contribution in [2.24, 2.45) is 0 Å². The number of nitro groups is 1. The number of hydrogen-bond donors (Lipinski definition) is 0. The highest BCUT2D eigenvalue weighted by Crippen LogP contribution is 2.33. The number of anilines is 1. The largest absolute Gasteiger partial charge is 0.376 e. The Kier molecular flexibility index (Phi) is 5.78. The van der Waals surface area contributed by atoms with Gasteiger partial charge in [0.25, 0.3) is 11.6 Å². The first-order valence-electron chi connectivity index (χ1n) is 10.1. The van der Waals surface area contributed by atoms with Gasteiger partial charge in [-0.15, -0.1) is 0 Å². The lowest BCUT2D eigenvalue weighted by atomic mass is 10.1. The smallest absolute Gasteiger partial charge is 0.273 e. The minimum atomic E-state index is -0.457. The molecule has 0 radical (unpaired) electrons. The van der Waals surface area contributed by atoms with E-state index in [-0.39, 0.29) is 17.7 Å². The van der Waals surface area contributed by atoms with Gasteiger partial charge in [-0.25, -0.2) is 4.98 Å². The fourth-order valence-electron chi connectivity index (χ4n) is 3.83. The number of nitro benzene ring substituents is 1. The molecule has 3 aromatic rings. The standard InChI is InChI=1S/C22H23N3O4S/c1-3-15-7-4-11-19-20(15)23-22(30-19)24(13-16-8-6-12-29-16)21(26)17-9-5-10-18(14(17)2)25(27)28/h4-5,7,9-11,16H,3,6,8,12-13H2,1-2H3. The minimum Gasteiger partial charge on any atom is -0.376 e. The third kappa shape index (κ3) is 3.80. The van der Waals surface area contributed by atoms with Gasteiger partial charge in [0.15, 0.2) is 5.13 Å². The Bertz CT molecular complexity index is 1100. The van der Waals surface area contributed by atoms with Crippen molar-refractivity contribution in [1.29, 1.82) is 0 Å². The zero-order valence-electron chi connectivity index (χ0n) is 17.0. The van der Waals surface area contributed by atoms with Crippen LogP contribution in [-0.2, 0) is 11.2 Å². The van der Waals surface area contributed by atoms with Crippen molar-refractivity contribution < 1.29 is 14.5 Å². The SMILES string of the molecule is CCc1cccc2sc(N(CC3CCCO3)C(=O)c3cccc([N+](=O)[O-])c3C)nc12.